The minimum absolute atomic E-state index is 0.0264. The second-order valence-corrected chi connectivity index (χ2v) is 5.64. The van der Waals surface area contributed by atoms with Crippen LogP contribution in [-0.4, -0.2) is 41.9 Å². The maximum absolute atomic E-state index is 12.4. The van der Waals surface area contributed by atoms with Crippen LogP contribution >= 0.6 is 0 Å². The summed E-state index contributed by atoms with van der Waals surface area (Å²) in [5.74, 6) is 0.433. The smallest absolute Gasteiger partial charge is 0.257 e. The molecule has 7 heteroatoms. The molecule has 3 N–H and O–H groups in total. The third-order valence-corrected chi connectivity index (χ3v) is 3.95. The molecule has 1 amide bonds. The van der Waals surface area contributed by atoms with Crippen molar-refractivity contribution < 1.29 is 14.3 Å². The molecule has 0 saturated heterocycles. The van der Waals surface area contributed by atoms with E-state index in [0.717, 1.165) is 18.5 Å². The summed E-state index contributed by atoms with van der Waals surface area (Å²) >= 11 is 0. The SMILES string of the molecule is COCCNc1ccc(NC(=O)c2c[nH]c3c2C(=O)CCC3)cn1. The molecule has 0 aliphatic heterocycles. The maximum Gasteiger partial charge on any atom is 0.257 e. The highest BCUT2D eigenvalue weighted by Crippen LogP contribution is 2.24. The summed E-state index contributed by atoms with van der Waals surface area (Å²) in [5, 5.41) is 5.89. The number of rotatable bonds is 6. The summed E-state index contributed by atoms with van der Waals surface area (Å²) < 4.78 is 4.96. The monoisotopic (exact) mass is 328 g/mol. The van der Waals surface area contributed by atoms with Gasteiger partial charge in [0, 0.05) is 32.0 Å². The van der Waals surface area contributed by atoms with Gasteiger partial charge in [0.25, 0.3) is 5.91 Å². The largest absolute Gasteiger partial charge is 0.383 e. The zero-order chi connectivity index (χ0) is 16.9. The number of nitrogens with zero attached hydrogens (tertiary/aromatic N) is 1. The van der Waals surface area contributed by atoms with E-state index in [9.17, 15) is 9.59 Å². The van der Waals surface area contributed by atoms with Crippen molar-refractivity contribution in [3.05, 3.63) is 41.3 Å². The molecule has 0 atom stereocenters. The summed E-state index contributed by atoms with van der Waals surface area (Å²) in [6, 6.07) is 3.55. The van der Waals surface area contributed by atoms with Gasteiger partial charge in [-0.15, -0.1) is 0 Å². The molecule has 3 rings (SSSR count). The molecular weight excluding hydrogens is 308 g/mol. The van der Waals surface area contributed by atoms with Gasteiger partial charge in [-0.05, 0) is 25.0 Å². The van der Waals surface area contributed by atoms with E-state index in [1.807, 2.05) is 0 Å². The van der Waals surface area contributed by atoms with Gasteiger partial charge in [0.1, 0.15) is 5.82 Å². The zero-order valence-electron chi connectivity index (χ0n) is 13.5. The molecule has 2 aromatic heterocycles. The molecule has 0 spiro atoms. The van der Waals surface area contributed by atoms with Crippen molar-refractivity contribution >= 4 is 23.2 Å². The Hall–Kier alpha value is -2.67. The van der Waals surface area contributed by atoms with E-state index in [1.165, 1.54) is 0 Å². The van der Waals surface area contributed by atoms with E-state index in [-0.39, 0.29) is 11.7 Å². The van der Waals surface area contributed by atoms with Crippen LogP contribution in [0, 0.1) is 0 Å². The minimum Gasteiger partial charge on any atom is -0.383 e. The fraction of sp³-hybridized carbons (Fsp3) is 0.353. The molecule has 2 heterocycles. The van der Waals surface area contributed by atoms with E-state index >= 15 is 0 Å². The number of H-pyrrole nitrogens is 1. The summed E-state index contributed by atoms with van der Waals surface area (Å²) in [4.78, 5) is 31.8. The van der Waals surface area contributed by atoms with Crippen LogP contribution in [0.15, 0.2) is 24.5 Å². The Bertz CT molecular complexity index is 737. The Labute approximate surface area is 139 Å². The first-order valence-corrected chi connectivity index (χ1v) is 7.92. The highest BCUT2D eigenvalue weighted by atomic mass is 16.5. The fourth-order valence-corrected chi connectivity index (χ4v) is 2.76. The quantitative estimate of drug-likeness (QED) is 0.707. The van der Waals surface area contributed by atoms with Crippen LogP contribution in [0.4, 0.5) is 11.5 Å². The van der Waals surface area contributed by atoms with Gasteiger partial charge in [-0.25, -0.2) is 4.98 Å². The Morgan fingerprint density at radius 1 is 1.38 bits per heavy atom. The predicted molar refractivity (Wildman–Crippen MR) is 90.6 cm³/mol. The van der Waals surface area contributed by atoms with Crippen LogP contribution in [0.25, 0.3) is 0 Å². The van der Waals surface area contributed by atoms with E-state index in [4.69, 9.17) is 4.74 Å². The molecule has 1 aliphatic carbocycles. The van der Waals surface area contributed by atoms with Crippen molar-refractivity contribution in [2.45, 2.75) is 19.3 Å². The molecule has 7 nitrogen and oxygen atoms in total. The molecule has 24 heavy (non-hydrogen) atoms. The molecule has 0 radical (unpaired) electrons. The first-order chi connectivity index (χ1) is 11.7. The number of hydrogen-bond acceptors (Lipinski definition) is 5. The number of nitrogens with one attached hydrogen (secondary N) is 3. The summed E-state index contributed by atoms with van der Waals surface area (Å²) in [7, 11) is 1.64. The van der Waals surface area contributed by atoms with Gasteiger partial charge >= 0.3 is 0 Å². The van der Waals surface area contributed by atoms with Gasteiger partial charge in [0.05, 0.1) is 29.6 Å². The van der Waals surface area contributed by atoms with E-state index in [0.29, 0.717) is 42.2 Å². The highest BCUT2D eigenvalue weighted by molar-refractivity contribution is 6.13. The molecular formula is C17H20N4O3. The summed E-state index contributed by atoms with van der Waals surface area (Å²) in [6.07, 6.45) is 5.31. The number of aryl methyl sites for hydroxylation is 1. The van der Waals surface area contributed by atoms with Crippen LogP contribution < -0.4 is 10.6 Å². The normalized spacial score (nSPS) is 13.5. The zero-order valence-corrected chi connectivity index (χ0v) is 13.5. The molecule has 0 aromatic carbocycles. The van der Waals surface area contributed by atoms with E-state index in [1.54, 1.807) is 31.6 Å². The predicted octanol–water partition coefficient (Wildman–Crippen LogP) is 2.24. The lowest BCUT2D eigenvalue weighted by Crippen LogP contribution is -2.18. The second kappa shape index (κ2) is 7.27. The van der Waals surface area contributed by atoms with E-state index < -0.39 is 0 Å². The minimum atomic E-state index is -0.301. The van der Waals surface area contributed by atoms with Crippen LogP contribution in [0.1, 0.15) is 39.3 Å². The maximum atomic E-state index is 12.4. The van der Waals surface area contributed by atoms with Gasteiger partial charge in [-0.2, -0.15) is 0 Å². The number of hydrogen-bond donors (Lipinski definition) is 3. The van der Waals surface area contributed by atoms with Crippen LogP contribution in [-0.2, 0) is 11.2 Å². The number of carbonyl (C=O) groups excluding carboxylic acids is 2. The van der Waals surface area contributed by atoms with Crippen LogP contribution in [0.3, 0.4) is 0 Å². The number of aromatic amines is 1. The lowest BCUT2D eigenvalue weighted by atomic mass is 9.93. The van der Waals surface area contributed by atoms with Gasteiger partial charge in [0.2, 0.25) is 0 Å². The summed E-state index contributed by atoms with van der Waals surface area (Å²) in [5.41, 5.74) is 2.37. The Morgan fingerprint density at radius 3 is 3.00 bits per heavy atom. The van der Waals surface area contributed by atoms with Crippen LogP contribution in [0.5, 0.6) is 0 Å². The number of amides is 1. The molecule has 2 aromatic rings. The number of fused-ring (bicyclic) bond motifs is 1. The van der Waals surface area contributed by atoms with Crippen molar-refractivity contribution in [3.8, 4) is 0 Å². The topological polar surface area (TPSA) is 96.1 Å². The summed E-state index contributed by atoms with van der Waals surface area (Å²) in [6.45, 7) is 1.25. The van der Waals surface area contributed by atoms with Gasteiger partial charge in [0.15, 0.2) is 5.78 Å². The molecule has 0 bridgehead atoms. The molecule has 0 unspecified atom stereocenters. The molecule has 0 saturated carbocycles. The molecule has 0 fully saturated rings. The standard InChI is InChI=1S/C17H20N4O3/c1-24-8-7-18-15-6-5-11(9-20-15)21-17(23)12-10-19-13-3-2-4-14(22)16(12)13/h5-6,9-10,19H,2-4,7-8H2,1H3,(H,18,20)(H,21,23). The van der Waals surface area contributed by atoms with E-state index in [2.05, 4.69) is 20.6 Å². The number of anilines is 2. The number of ether oxygens (including phenoxy) is 1. The van der Waals surface area contributed by atoms with Gasteiger partial charge in [-0.1, -0.05) is 0 Å². The molecule has 126 valence electrons. The second-order valence-electron chi connectivity index (χ2n) is 5.64. The van der Waals surface area contributed by atoms with Gasteiger partial charge < -0.3 is 20.4 Å². The van der Waals surface area contributed by atoms with Gasteiger partial charge in [-0.3, -0.25) is 9.59 Å². The first-order valence-electron chi connectivity index (χ1n) is 7.92. The number of methoxy groups -OCH3 is 1. The van der Waals surface area contributed by atoms with Crippen molar-refractivity contribution in [1.82, 2.24) is 9.97 Å². The lowest BCUT2D eigenvalue weighted by Gasteiger charge is -2.12. The molecule has 1 aliphatic rings. The third-order valence-electron chi connectivity index (χ3n) is 3.95. The number of carbonyl (C=O) groups is 2. The Morgan fingerprint density at radius 2 is 2.25 bits per heavy atom. The first kappa shape index (κ1) is 16.2. The number of pyridine rings is 1. The van der Waals surface area contributed by atoms with Crippen LogP contribution in [0.2, 0.25) is 0 Å². The average molecular weight is 328 g/mol. The van der Waals surface area contributed by atoms with Crippen molar-refractivity contribution in [3.63, 3.8) is 0 Å². The fourth-order valence-electron chi connectivity index (χ4n) is 2.76. The third kappa shape index (κ3) is 3.46. The van der Waals surface area contributed by atoms with Crippen molar-refractivity contribution in [2.75, 3.05) is 30.9 Å². The Balaban J connectivity index is 1.67. The number of aromatic nitrogens is 2. The van der Waals surface area contributed by atoms with Crippen molar-refractivity contribution in [1.29, 1.82) is 0 Å². The highest BCUT2D eigenvalue weighted by Gasteiger charge is 2.25. The Kier molecular flexibility index (Phi) is 4.90. The van der Waals surface area contributed by atoms with Crippen molar-refractivity contribution in [2.24, 2.45) is 0 Å². The number of ketones is 1. The number of Topliss-reactive ketones (excluding diaryl/α,β-unsaturated/α-hetero) is 1. The average Bonchev–Trinajstić information content (AvgIpc) is 3.02. The lowest BCUT2D eigenvalue weighted by molar-refractivity contribution is 0.0956.